The smallest absolute Gasteiger partial charge is 0.161 e. The number of hydrogen-bond acceptors (Lipinski definition) is 0. The Morgan fingerprint density at radius 2 is 0.548 bits per heavy atom. The summed E-state index contributed by atoms with van der Waals surface area (Å²) in [5.74, 6) is 4.65. The molecular formula is C40H70F2. The molecule has 5 rings (SSSR count). The lowest BCUT2D eigenvalue weighted by Gasteiger charge is -2.22. The van der Waals surface area contributed by atoms with Crippen LogP contribution in [0.4, 0.5) is 8.78 Å². The summed E-state index contributed by atoms with van der Waals surface area (Å²) in [7, 11) is 0. The first-order valence-electron chi connectivity index (χ1n) is 17.2. The van der Waals surface area contributed by atoms with Crippen molar-refractivity contribution in [3.63, 3.8) is 0 Å². The SMILES string of the molecule is CC1CCC(C)CC1.CC1CCC(C)CC1.CC1CCC(C)CC1.Cc1ccc(C)c(F)c1F.Cc1ccc(C)cc1.[HH].[HH]. The summed E-state index contributed by atoms with van der Waals surface area (Å²) < 4.78 is 25.2. The molecule has 0 atom stereocenters. The Balaban J connectivity index is 0. The maximum Gasteiger partial charge on any atom is 0.161 e. The molecule has 3 fully saturated rings. The maximum atomic E-state index is 12.6. The van der Waals surface area contributed by atoms with Gasteiger partial charge in [0.05, 0.1) is 0 Å². The molecule has 0 spiro atoms. The van der Waals surface area contributed by atoms with E-state index in [-0.39, 0.29) is 2.85 Å². The molecule has 0 aromatic heterocycles. The third-order valence-electron chi connectivity index (χ3n) is 9.60. The fourth-order valence-corrected chi connectivity index (χ4v) is 5.66. The van der Waals surface area contributed by atoms with Gasteiger partial charge in [0.25, 0.3) is 0 Å². The van der Waals surface area contributed by atoms with Gasteiger partial charge in [0.2, 0.25) is 0 Å². The summed E-state index contributed by atoms with van der Waals surface area (Å²) in [6.07, 6.45) is 17.7. The standard InChI is InChI=1S/C8H8F2.3C8H16.C8H10.2H2/c1-5-3-4-6(2)8(10)7(5)9;4*1-7-3-5-8(2)6-4-7;;/h3-4H,1-2H3;3*7-8H,3-6H2,1-2H3;3-6H,1-2H3;2*1H. The molecule has 0 aliphatic heterocycles. The van der Waals surface area contributed by atoms with Gasteiger partial charge in [-0.05, 0) is 74.3 Å². The highest BCUT2D eigenvalue weighted by Crippen LogP contribution is 2.28. The van der Waals surface area contributed by atoms with Crippen molar-refractivity contribution in [2.75, 3.05) is 0 Å². The van der Waals surface area contributed by atoms with Crippen molar-refractivity contribution in [1.82, 2.24) is 0 Å². The van der Waals surface area contributed by atoms with Gasteiger partial charge in [-0.2, -0.15) is 0 Å². The van der Waals surface area contributed by atoms with Crippen LogP contribution in [0.1, 0.15) is 144 Å². The van der Waals surface area contributed by atoms with Crippen molar-refractivity contribution in [1.29, 1.82) is 0 Å². The Morgan fingerprint density at radius 3 is 0.714 bits per heavy atom. The fraction of sp³-hybridized carbons (Fsp3) is 0.700. The summed E-state index contributed by atoms with van der Waals surface area (Å²) in [4.78, 5) is 0. The van der Waals surface area contributed by atoms with Crippen molar-refractivity contribution in [2.45, 2.75) is 146 Å². The Labute approximate surface area is 263 Å². The van der Waals surface area contributed by atoms with Crippen LogP contribution < -0.4 is 0 Å². The van der Waals surface area contributed by atoms with E-state index in [9.17, 15) is 8.78 Å². The number of aryl methyl sites for hydroxylation is 4. The normalized spacial score (nSPS) is 26.9. The van der Waals surface area contributed by atoms with Gasteiger partial charge in [-0.15, -0.1) is 0 Å². The van der Waals surface area contributed by atoms with Crippen LogP contribution in [0.2, 0.25) is 0 Å². The van der Waals surface area contributed by atoms with Crippen LogP contribution in [0.15, 0.2) is 36.4 Å². The molecule has 3 aliphatic rings. The second kappa shape index (κ2) is 21.1. The molecule has 0 saturated heterocycles. The lowest BCUT2D eigenvalue weighted by Crippen LogP contribution is -2.08. The van der Waals surface area contributed by atoms with Gasteiger partial charge in [0, 0.05) is 2.85 Å². The van der Waals surface area contributed by atoms with Gasteiger partial charge >= 0.3 is 0 Å². The van der Waals surface area contributed by atoms with E-state index in [1.165, 1.54) is 102 Å². The molecule has 3 aliphatic carbocycles. The van der Waals surface area contributed by atoms with Crippen molar-refractivity contribution in [3.05, 3.63) is 70.3 Å². The number of benzene rings is 2. The minimum absolute atomic E-state index is 0. The molecule has 0 nitrogen and oxygen atoms in total. The first kappa shape index (κ1) is 38.3. The number of hydrogen-bond donors (Lipinski definition) is 0. The summed E-state index contributed by atoms with van der Waals surface area (Å²) in [5, 5.41) is 0. The Hall–Kier alpha value is -1.70. The molecule has 2 aromatic carbocycles. The van der Waals surface area contributed by atoms with Crippen LogP contribution in [0.5, 0.6) is 0 Å². The van der Waals surface area contributed by atoms with E-state index in [4.69, 9.17) is 0 Å². The van der Waals surface area contributed by atoms with Crippen LogP contribution in [-0.4, -0.2) is 0 Å². The Bertz CT molecular complexity index is 825. The Kier molecular flexibility index (Phi) is 19.2. The molecular weight excluding hydrogens is 518 g/mol. The highest BCUT2D eigenvalue weighted by molar-refractivity contribution is 5.24. The molecule has 0 heterocycles. The molecule has 0 unspecified atom stereocenters. The van der Waals surface area contributed by atoms with Crippen molar-refractivity contribution < 1.29 is 11.6 Å². The van der Waals surface area contributed by atoms with E-state index in [2.05, 4.69) is 79.7 Å². The van der Waals surface area contributed by atoms with Gasteiger partial charge in [0.15, 0.2) is 11.6 Å². The quantitative estimate of drug-likeness (QED) is 0.287. The summed E-state index contributed by atoms with van der Waals surface area (Å²) >= 11 is 0. The largest absolute Gasteiger partial charge is 0.203 e. The van der Waals surface area contributed by atoms with Crippen molar-refractivity contribution >= 4 is 0 Å². The van der Waals surface area contributed by atoms with Crippen molar-refractivity contribution in [3.8, 4) is 0 Å². The van der Waals surface area contributed by atoms with E-state index in [0.29, 0.717) is 11.1 Å². The first-order valence-corrected chi connectivity index (χ1v) is 17.2. The molecule has 42 heavy (non-hydrogen) atoms. The highest BCUT2D eigenvalue weighted by atomic mass is 19.2. The predicted octanol–water partition coefficient (Wildman–Crippen LogP) is 13.9. The fourth-order valence-electron chi connectivity index (χ4n) is 5.66. The van der Waals surface area contributed by atoms with Gasteiger partial charge in [-0.1, -0.05) is 166 Å². The van der Waals surface area contributed by atoms with E-state index in [0.717, 1.165) is 35.5 Å². The van der Waals surface area contributed by atoms with Gasteiger partial charge in [-0.3, -0.25) is 0 Å². The van der Waals surface area contributed by atoms with Crippen LogP contribution in [-0.2, 0) is 0 Å². The molecule has 2 aromatic rings. The topological polar surface area (TPSA) is 0 Å². The molecule has 0 radical (unpaired) electrons. The monoisotopic (exact) mass is 589 g/mol. The maximum absolute atomic E-state index is 12.6. The molecule has 0 amide bonds. The minimum atomic E-state index is -0.736. The van der Waals surface area contributed by atoms with E-state index >= 15 is 0 Å². The average Bonchev–Trinajstić information content (AvgIpc) is 2.97. The number of rotatable bonds is 0. The van der Waals surface area contributed by atoms with Gasteiger partial charge in [-0.25, -0.2) is 8.78 Å². The highest BCUT2D eigenvalue weighted by Gasteiger charge is 2.14. The van der Waals surface area contributed by atoms with E-state index < -0.39 is 11.6 Å². The van der Waals surface area contributed by atoms with E-state index in [1.54, 1.807) is 12.1 Å². The molecule has 2 heteroatoms. The number of halogens is 2. The molecule has 0 bridgehead atoms. The zero-order valence-corrected chi connectivity index (χ0v) is 29.2. The third-order valence-corrected chi connectivity index (χ3v) is 9.60. The second-order valence-electron chi connectivity index (χ2n) is 14.6. The van der Waals surface area contributed by atoms with Crippen LogP contribution in [0.3, 0.4) is 0 Å². The van der Waals surface area contributed by atoms with Crippen LogP contribution >= 0.6 is 0 Å². The predicted molar refractivity (Wildman–Crippen MR) is 186 cm³/mol. The van der Waals surface area contributed by atoms with Crippen molar-refractivity contribution in [2.24, 2.45) is 35.5 Å². The molecule has 0 N–H and O–H groups in total. The van der Waals surface area contributed by atoms with E-state index in [1.807, 2.05) is 0 Å². The summed E-state index contributed by atoms with van der Waals surface area (Å²) in [6, 6.07) is 11.6. The first-order chi connectivity index (χ1) is 19.8. The zero-order chi connectivity index (χ0) is 31.7. The lowest BCUT2D eigenvalue weighted by molar-refractivity contribution is 0.308. The van der Waals surface area contributed by atoms with Gasteiger partial charge < -0.3 is 0 Å². The Morgan fingerprint density at radius 1 is 0.381 bits per heavy atom. The molecule has 3 saturated carbocycles. The van der Waals surface area contributed by atoms with Crippen LogP contribution in [0, 0.1) is 74.8 Å². The van der Waals surface area contributed by atoms with Crippen LogP contribution in [0.25, 0.3) is 0 Å². The summed E-state index contributed by atoms with van der Waals surface area (Å²) in [6.45, 7) is 21.5. The third kappa shape index (κ3) is 17.4. The summed E-state index contributed by atoms with van der Waals surface area (Å²) in [5.41, 5.74) is 3.36. The zero-order valence-electron chi connectivity index (χ0n) is 29.2. The lowest BCUT2D eigenvalue weighted by atomic mass is 9.84. The molecule has 244 valence electrons. The average molecular weight is 589 g/mol. The minimum Gasteiger partial charge on any atom is -0.203 e. The van der Waals surface area contributed by atoms with Gasteiger partial charge in [0.1, 0.15) is 0 Å². The second-order valence-corrected chi connectivity index (χ2v) is 14.6.